The number of hydrogen-bond acceptors (Lipinski definition) is 7. The Hall–Kier alpha value is -2.75. The van der Waals surface area contributed by atoms with E-state index in [1.54, 1.807) is 26.8 Å². The lowest BCUT2D eigenvalue weighted by molar-refractivity contribution is -0.135. The summed E-state index contributed by atoms with van der Waals surface area (Å²) in [6.07, 6.45) is 1.74. The van der Waals surface area contributed by atoms with Gasteiger partial charge in [-0.25, -0.2) is 9.71 Å². The first-order chi connectivity index (χ1) is 12.6. The molecular formula is C17H20N4O5S. The zero-order valence-corrected chi connectivity index (χ0v) is 16.3. The lowest BCUT2D eigenvalue weighted by atomic mass is 9.85. The average Bonchev–Trinajstić information content (AvgIpc) is 2.91. The second-order valence-corrected chi connectivity index (χ2v) is 8.42. The molecule has 10 heteroatoms. The number of likely N-dealkylation sites (tertiary alicyclic amines) is 1. The highest BCUT2D eigenvalue weighted by Gasteiger charge is 2.51. The minimum Gasteiger partial charge on any atom is -0.361 e. The second kappa shape index (κ2) is 6.45. The van der Waals surface area contributed by atoms with Crippen LogP contribution in [0, 0.1) is 20.8 Å². The number of nitrogens with zero attached hydrogens (tertiary/aromatic N) is 3. The zero-order valence-electron chi connectivity index (χ0n) is 15.4. The first kappa shape index (κ1) is 19.0. The Morgan fingerprint density at radius 2 is 1.96 bits per heavy atom. The van der Waals surface area contributed by atoms with Crippen molar-refractivity contribution in [1.29, 1.82) is 0 Å². The van der Waals surface area contributed by atoms with E-state index in [9.17, 15) is 18.0 Å². The number of rotatable bonds is 4. The number of carbonyl (C=O) groups excluding carboxylic acids is 2. The van der Waals surface area contributed by atoms with Crippen LogP contribution in [-0.2, 0) is 14.8 Å². The molecule has 1 aliphatic heterocycles. The third-order valence-corrected chi connectivity index (χ3v) is 6.03. The molecule has 9 nitrogen and oxygen atoms in total. The van der Waals surface area contributed by atoms with Crippen LogP contribution >= 0.6 is 0 Å². The smallest absolute Gasteiger partial charge is 0.281 e. The van der Waals surface area contributed by atoms with Gasteiger partial charge in [-0.05, 0) is 45.7 Å². The molecule has 1 N–H and O–H groups in total. The normalized spacial score (nSPS) is 19.5. The van der Waals surface area contributed by atoms with Gasteiger partial charge in [0.05, 0.1) is 5.69 Å². The molecule has 2 aromatic rings. The zero-order chi connectivity index (χ0) is 20.0. The molecule has 0 aromatic carbocycles. The van der Waals surface area contributed by atoms with E-state index in [-0.39, 0.29) is 10.6 Å². The maximum atomic E-state index is 12.8. The molecule has 1 aliphatic rings. The molecule has 3 rings (SSSR count). The highest BCUT2D eigenvalue weighted by molar-refractivity contribution is 7.90. The van der Waals surface area contributed by atoms with Gasteiger partial charge in [0.1, 0.15) is 16.9 Å². The van der Waals surface area contributed by atoms with Crippen molar-refractivity contribution in [2.75, 3.05) is 6.54 Å². The van der Waals surface area contributed by atoms with Crippen LogP contribution in [0.1, 0.15) is 40.7 Å². The molecule has 1 saturated heterocycles. The molecular weight excluding hydrogens is 372 g/mol. The van der Waals surface area contributed by atoms with E-state index in [0.29, 0.717) is 24.4 Å². The average molecular weight is 392 g/mol. The molecule has 0 saturated carbocycles. The second-order valence-electron chi connectivity index (χ2n) is 6.79. The monoisotopic (exact) mass is 392 g/mol. The van der Waals surface area contributed by atoms with Crippen molar-refractivity contribution in [2.24, 2.45) is 0 Å². The first-order valence-electron chi connectivity index (χ1n) is 8.31. The predicted molar refractivity (Wildman–Crippen MR) is 94.3 cm³/mol. The summed E-state index contributed by atoms with van der Waals surface area (Å²) in [5.74, 6) is -0.846. The van der Waals surface area contributed by atoms with Crippen LogP contribution in [0.3, 0.4) is 0 Å². The fourth-order valence-corrected chi connectivity index (χ4v) is 3.95. The Bertz CT molecular complexity index is 993. The van der Waals surface area contributed by atoms with E-state index in [1.807, 2.05) is 4.72 Å². The molecule has 2 aromatic heterocycles. The first-order valence-corrected chi connectivity index (χ1v) is 9.79. The minimum absolute atomic E-state index is 0.257. The van der Waals surface area contributed by atoms with Crippen molar-refractivity contribution in [3.8, 4) is 0 Å². The molecule has 0 aliphatic carbocycles. The van der Waals surface area contributed by atoms with Crippen molar-refractivity contribution >= 4 is 21.8 Å². The Labute approximate surface area is 156 Å². The van der Waals surface area contributed by atoms with Gasteiger partial charge in [-0.1, -0.05) is 11.2 Å². The molecule has 1 atom stereocenters. The predicted octanol–water partition coefficient (Wildman–Crippen LogP) is 1.10. The van der Waals surface area contributed by atoms with Gasteiger partial charge in [0, 0.05) is 12.7 Å². The molecule has 2 amide bonds. The summed E-state index contributed by atoms with van der Waals surface area (Å²) in [6.45, 7) is 6.87. The largest absolute Gasteiger partial charge is 0.361 e. The molecule has 1 unspecified atom stereocenters. The number of sulfonamides is 1. The van der Waals surface area contributed by atoms with E-state index in [4.69, 9.17) is 4.52 Å². The van der Waals surface area contributed by atoms with Crippen LogP contribution in [0.15, 0.2) is 27.9 Å². The van der Waals surface area contributed by atoms with Gasteiger partial charge in [0.2, 0.25) is 0 Å². The van der Waals surface area contributed by atoms with E-state index in [1.165, 1.54) is 24.1 Å². The molecule has 0 spiro atoms. The summed E-state index contributed by atoms with van der Waals surface area (Å²) < 4.78 is 31.9. The summed E-state index contributed by atoms with van der Waals surface area (Å²) in [5, 5.41) is 3.49. The fourth-order valence-electron chi connectivity index (χ4n) is 2.94. The number of aryl methyl sites for hydroxylation is 3. The van der Waals surface area contributed by atoms with Crippen LogP contribution in [0.4, 0.5) is 0 Å². The van der Waals surface area contributed by atoms with Gasteiger partial charge in [-0.2, -0.15) is 8.42 Å². The molecule has 3 heterocycles. The van der Waals surface area contributed by atoms with Crippen molar-refractivity contribution in [3.63, 3.8) is 0 Å². The van der Waals surface area contributed by atoms with Crippen LogP contribution in [0.5, 0.6) is 0 Å². The van der Waals surface area contributed by atoms with Gasteiger partial charge in [-0.15, -0.1) is 0 Å². The van der Waals surface area contributed by atoms with Gasteiger partial charge in [0.15, 0.2) is 5.03 Å². The number of pyridine rings is 1. The summed E-state index contributed by atoms with van der Waals surface area (Å²) in [5.41, 5.74) is 0.216. The van der Waals surface area contributed by atoms with Crippen LogP contribution in [0.2, 0.25) is 0 Å². The van der Waals surface area contributed by atoms with Gasteiger partial charge >= 0.3 is 0 Å². The Kier molecular flexibility index (Phi) is 4.54. The molecule has 144 valence electrons. The van der Waals surface area contributed by atoms with Gasteiger partial charge < -0.3 is 9.42 Å². The standard InChI is InChI=1S/C17H20N4O5S/c1-10-5-6-13(18-9-10)27(24,25)20-16(23)17(4)7-8-21(17)15(22)14-11(2)19-26-12(14)3/h5-6,9H,7-8H2,1-4H3,(H,20,23). The number of nitrogens with one attached hydrogen (secondary N) is 1. The summed E-state index contributed by atoms with van der Waals surface area (Å²) >= 11 is 0. The van der Waals surface area contributed by atoms with Gasteiger partial charge in [-0.3, -0.25) is 9.59 Å². The number of aromatic nitrogens is 2. The van der Waals surface area contributed by atoms with E-state index >= 15 is 0 Å². The fraction of sp³-hybridized carbons (Fsp3) is 0.412. The summed E-state index contributed by atoms with van der Waals surface area (Å²) in [4.78, 5) is 30.7. The van der Waals surface area contributed by atoms with Crippen LogP contribution in [-0.4, -0.2) is 47.4 Å². The van der Waals surface area contributed by atoms with Crippen molar-refractivity contribution in [1.82, 2.24) is 19.8 Å². The Morgan fingerprint density at radius 1 is 1.26 bits per heavy atom. The summed E-state index contributed by atoms with van der Waals surface area (Å²) in [6, 6.07) is 2.91. The van der Waals surface area contributed by atoms with Crippen molar-refractivity contribution < 1.29 is 22.5 Å². The minimum atomic E-state index is -4.13. The maximum Gasteiger partial charge on any atom is 0.281 e. The van der Waals surface area contributed by atoms with Crippen molar-refractivity contribution in [2.45, 2.75) is 44.7 Å². The van der Waals surface area contributed by atoms with E-state index in [0.717, 1.165) is 5.56 Å². The van der Waals surface area contributed by atoms with Crippen LogP contribution in [0.25, 0.3) is 0 Å². The van der Waals surface area contributed by atoms with Crippen LogP contribution < -0.4 is 4.72 Å². The molecule has 0 bridgehead atoms. The third-order valence-electron chi connectivity index (χ3n) is 4.79. The Balaban J connectivity index is 1.82. The van der Waals surface area contributed by atoms with E-state index in [2.05, 4.69) is 10.1 Å². The number of amides is 2. The third kappa shape index (κ3) is 3.20. The lowest BCUT2D eigenvalue weighted by Crippen LogP contribution is -2.67. The molecule has 27 heavy (non-hydrogen) atoms. The maximum absolute atomic E-state index is 12.8. The van der Waals surface area contributed by atoms with E-state index < -0.39 is 27.4 Å². The highest BCUT2D eigenvalue weighted by Crippen LogP contribution is 2.33. The highest BCUT2D eigenvalue weighted by atomic mass is 32.2. The van der Waals surface area contributed by atoms with Crippen molar-refractivity contribution in [3.05, 3.63) is 40.9 Å². The lowest BCUT2D eigenvalue weighted by Gasteiger charge is -2.48. The SMILES string of the molecule is Cc1ccc(S(=O)(=O)NC(=O)C2(C)CCN2C(=O)c2c(C)noc2C)nc1. The molecule has 1 fully saturated rings. The number of hydrogen-bond donors (Lipinski definition) is 1. The molecule has 0 radical (unpaired) electrons. The summed E-state index contributed by atoms with van der Waals surface area (Å²) in [7, 11) is -4.13. The topological polar surface area (TPSA) is 122 Å². The Morgan fingerprint density at radius 3 is 2.44 bits per heavy atom. The number of carbonyl (C=O) groups is 2. The quantitative estimate of drug-likeness (QED) is 0.827. The van der Waals surface area contributed by atoms with Gasteiger partial charge in [0.25, 0.3) is 21.8 Å².